The molecule has 64 valence electrons. The molecule has 0 radical (unpaired) electrons. The summed E-state index contributed by atoms with van der Waals surface area (Å²) < 4.78 is 0. The van der Waals surface area contributed by atoms with E-state index in [2.05, 4.69) is 5.92 Å². The number of halogens is 1. The predicted octanol–water partition coefficient (Wildman–Crippen LogP) is 1.92. The molecule has 0 fully saturated rings. The summed E-state index contributed by atoms with van der Waals surface area (Å²) in [6, 6.07) is 9.66. The van der Waals surface area contributed by atoms with Crippen molar-refractivity contribution >= 4 is 12.4 Å². The van der Waals surface area contributed by atoms with Gasteiger partial charge in [-0.1, -0.05) is 36.3 Å². The maximum absolute atomic E-state index is 5.80. The second-order valence-electron chi connectivity index (χ2n) is 2.71. The average molecular weight is 182 g/mol. The molecular formula is C10H12ClN. The number of hydrogen-bond acceptors (Lipinski definition) is 1. The fourth-order valence-electron chi connectivity index (χ4n) is 0.868. The van der Waals surface area contributed by atoms with Crippen LogP contribution in [0.15, 0.2) is 30.3 Å². The fraction of sp³-hybridized carbons (Fsp3) is 0.200. The van der Waals surface area contributed by atoms with Gasteiger partial charge in [-0.3, -0.25) is 0 Å². The minimum Gasteiger partial charge on any atom is -0.312 e. The number of hydrogen-bond donors (Lipinski definition) is 1. The van der Waals surface area contributed by atoms with Gasteiger partial charge in [0.2, 0.25) is 0 Å². The molecule has 0 saturated carbocycles. The van der Waals surface area contributed by atoms with Crippen LogP contribution in [0.4, 0.5) is 0 Å². The van der Waals surface area contributed by atoms with E-state index in [1.807, 2.05) is 37.3 Å². The topological polar surface area (TPSA) is 26.0 Å². The number of benzene rings is 1. The van der Waals surface area contributed by atoms with Crippen LogP contribution in [0.1, 0.15) is 12.5 Å². The van der Waals surface area contributed by atoms with Gasteiger partial charge in [0.25, 0.3) is 0 Å². The standard InChI is InChI=1S/C10H11N.ClH/c1-3-10(2,11)9-7-5-4-6-8-9;/h1,4-8H,11H2,2H3;1H. The molecule has 0 aliphatic carbocycles. The number of terminal acetylenes is 1. The van der Waals surface area contributed by atoms with Gasteiger partial charge < -0.3 is 5.73 Å². The van der Waals surface area contributed by atoms with Crippen LogP contribution in [-0.2, 0) is 5.54 Å². The van der Waals surface area contributed by atoms with Crippen LogP contribution >= 0.6 is 12.4 Å². The summed E-state index contributed by atoms with van der Waals surface area (Å²) in [5.74, 6) is 2.54. The molecule has 0 spiro atoms. The van der Waals surface area contributed by atoms with Crippen molar-refractivity contribution in [3.63, 3.8) is 0 Å². The zero-order valence-electron chi connectivity index (χ0n) is 6.95. The van der Waals surface area contributed by atoms with Gasteiger partial charge in [-0.05, 0) is 12.5 Å². The molecule has 0 heterocycles. The van der Waals surface area contributed by atoms with Crippen molar-refractivity contribution in [3.8, 4) is 12.3 Å². The summed E-state index contributed by atoms with van der Waals surface area (Å²) >= 11 is 0. The molecule has 12 heavy (non-hydrogen) atoms. The highest BCUT2D eigenvalue weighted by Crippen LogP contribution is 2.14. The molecule has 1 nitrogen and oxygen atoms in total. The molecule has 0 amide bonds. The average Bonchev–Trinajstić information content (AvgIpc) is 2.06. The van der Waals surface area contributed by atoms with Crippen molar-refractivity contribution < 1.29 is 0 Å². The molecule has 1 aromatic carbocycles. The first-order valence-electron chi connectivity index (χ1n) is 3.49. The minimum atomic E-state index is -0.638. The van der Waals surface area contributed by atoms with E-state index in [0.717, 1.165) is 5.56 Å². The molecule has 2 heteroatoms. The van der Waals surface area contributed by atoms with Crippen molar-refractivity contribution in [2.75, 3.05) is 0 Å². The van der Waals surface area contributed by atoms with Gasteiger partial charge in [-0.15, -0.1) is 18.8 Å². The van der Waals surface area contributed by atoms with Crippen molar-refractivity contribution in [2.45, 2.75) is 12.5 Å². The lowest BCUT2D eigenvalue weighted by Crippen LogP contribution is -2.30. The van der Waals surface area contributed by atoms with Crippen LogP contribution in [0.2, 0.25) is 0 Å². The Bertz CT molecular complexity index is 272. The van der Waals surface area contributed by atoms with Gasteiger partial charge in [-0.25, -0.2) is 0 Å². The predicted molar refractivity (Wildman–Crippen MR) is 54.1 cm³/mol. The summed E-state index contributed by atoms with van der Waals surface area (Å²) in [5.41, 5.74) is 6.14. The Labute approximate surface area is 79.4 Å². The Kier molecular flexibility index (Phi) is 3.82. The van der Waals surface area contributed by atoms with Crippen LogP contribution in [0.5, 0.6) is 0 Å². The second-order valence-corrected chi connectivity index (χ2v) is 2.71. The zero-order chi connectivity index (χ0) is 8.32. The third kappa shape index (κ3) is 2.27. The molecule has 1 aromatic rings. The van der Waals surface area contributed by atoms with Crippen molar-refractivity contribution in [3.05, 3.63) is 35.9 Å². The van der Waals surface area contributed by atoms with Gasteiger partial charge in [0, 0.05) is 0 Å². The van der Waals surface area contributed by atoms with Crippen molar-refractivity contribution in [1.29, 1.82) is 0 Å². The Morgan fingerprint density at radius 2 is 1.83 bits per heavy atom. The van der Waals surface area contributed by atoms with Gasteiger partial charge in [0.1, 0.15) is 0 Å². The number of rotatable bonds is 1. The quantitative estimate of drug-likeness (QED) is 0.659. The maximum atomic E-state index is 5.80. The molecule has 0 bridgehead atoms. The molecule has 0 saturated heterocycles. The Morgan fingerprint density at radius 3 is 2.25 bits per heavy atom. The third-order valence-corrected chi connectivity index (χ3v) is 1.67. The highest BCUT2D eigenvalue weighted by Gasteiger charge is 2.15. The highest BCUT2D eigenvalue weighted by atomic mass is 35.5. The minimum absolute atomic E-state index is 0. The Hall–Kier alpha value is -0.970. The SMILES string of the molecule is C#CC(C)(N)c1ccccc1.Cl. The van der Waals surface area contributed by atoms with E-state index in [4.69, 9.17) is 12.2 Å². The Balaban J connectivity index is 0.00000121. The first-order valence-corrected chi connectivity index (χ1v) is 3.49. The lowest BCUT2D eigenvalue weighted by atomic mass is 9.95. The van der Waals surface area contributed by atoms with Crippen molar-refractivity contribution in [2.24, 2.45) is 5.73 Å². The summed E-state index contributed by atoms with van der Waals surface area (Å²) in [6.45, 7) is 1.82. The first kappa shape index (κ1) is 11.0. The van der Waals surface area contributed by atoms with Gasteiger partial charge in [0.05, 0.1) is 5.54 Å². The summed E-state index contributed by atoms with van der Waals surface area (Å²) in [4.78, 5) is 0. The Morgan fingerprint density at radius 1 is 1.33 bits per heavy atom. The lowest BCUT2D eigenvalue weighted by Gasteiger charge is -2.17. The summed E-state index contributed by atoms with van der Waals surface area (Å²) in [7, 11) is 0. The largest absolute Gasteiger partial charge is 0.312 e. The lowest BCUT2D eigenvalue weighted by molar-refractivity contribution is 0.658. The zero-order valence-corrected chi connectivity index (χ0v) is 7.77. The fourth-order valence-corrected chi connectivity index (χ4v) is 0.868. The van der Waals surface area contributed by atoms with Crippen LogP contribution in [-0.4, -0.2) is 0 Å². The van der Waals surface area contributed by atoms with Gasteiger partial charge >= 0.3 is 0 Å². The van der Waals surface area contributed by atoms with E-state index in [9.17, 15) is 0 Å². The maximum Gasteiger partial charge on any atom is 0.1000 e. The van der Waals surface area contributed by atoms with Crippen LogP contribution in [0, 0.1) is 12.3 Å². The van der Waals surface area contributed by atoms with Crippen molar-refractivity contribution in [1.82, 2.24) is 0 Å². The summed E-state index contributed by atoms with van der Waals surface area (Å²) in [5, 5.41) is 0. The normalized spacial score (nSPS) is 13.8. The van der Waals surface area contributed by atoms with E-state index in [0.29, 0.717) is 0 Å². The van der Waals surface area contributed by atoms with Crippen LogP contribution in [0.3, 0.4) is 0 Å². The molecule has 0 aliphatic heterocycles. The smallest absolute Gasteiger partial charge is 0.1000 e. The molecule has 1 unspecified atom stereocenters. The molecule has 0 aromatic heterocycles. The van der Waals surface area contributed by atoms with Gasteiger partial charge in [0.15, 0.2) is 0 Å². The first-order chi connectivity index (χ1) is 5.17. The molecular weight excluding hydrogens is 170 g/mol. The second kappa shape index (κ2) is 4.15. The van der Waals surface area contributed by atoms with E-state index in [1.165, 1.54) is 0 Å². The van der Waals surface area contributed by atoms with Crippen LogP contribution < -0.4 is 5.73 Å². The van der Waals surface area contributed by atoms with E-state index < -0.39 is 5.54 Å². The molecule has 2 N–H and O–H groups in total. The molecule has 1 rings (SSSR count). The molecule has 1 atom stereocenters. The van der Waals surface area contributed by atoms with E-state index in [-0.39, 0.29) is 12.4 Å². The van der Waals surface area contributed by atoms with E-state index >= 15 is 0 Å². The van der Waals surface area contributed by atoms with Crippen LogP contribution in [0.25, 0.3) is 0 Å². The third-order valence-electron chi connectivity index (χ3n) is 1.67. The molecule has 0 aliphatic rings. The highest BCUT2D eigenvalue weighted by molar-refractivity contribution is 5.85. The number of nitrogens with two attached hydrogens (primary N) is 1. The summed E-state index contributed by atoms with van der Waals surface area (Å²) in [6.07, 6.45) is 5.26. The van der Waals surface area contributed by atoms with E-state index in [1.54, 1.807) is 0 Å². The monoisotopic (exact) mass is 181 g/mol. The van der Waals surface area contributed by atoms with Gasteiger partial charge in [-0.2, -0.15) is 0 Å².